The molecule has 0 spiro atoms. The molecule has 0 amide bonds. The minimum Gasteiger partial charge on any atom is -0.424 e. The van der Waals surface area contributed by atoms with E-state index in [-0.39, 0.29) is 13.0 Å². The molecule has 2 unspecified atom stereocenters. The number of carbonyl (C=O) groups is 1. The van der Waals surface area contributed by atoms with Crippen molar-refractivity contribution in [1.82, 2.24) is 0 Å². The summed E-state index contributed by atoms with van der Waals surface area (Å²) in [5.41, 5.74) is 3.28. The number of hydrogen-bond donors (Lipinski definition) is 3. The molecule has 2 atom stereocenters. The Labute approximate surface area is 99.8 Å². The van der Waals surface area contributed by atoms with Crippen LogP contribution in [0, 0.1) is 0 Å². The summed E-state index contributed by atoms with van der Waals surface area (Å²) in [7, 11) is 0. The Balaban J connectivity index is 2.81. The zero-order chi connectivity index (χ0) is 12.9. The van der Waals surface area contributed by atoms with Gasteiger partial charge in [0.1, 0.15) is 11.9 Å². The van der Waals surface area contributed by atoms with Gasteiger partial charge in [0, 0.05) is 6.54 Å². The first kappa shape index (κ1) is 13.6. The first-order valence-corrected chi connectivity index (χ1v) is 5.42. The molecule has 1 aromatic carbocycles. The molecule has 0 aliphatic carbocycles. The van der Waals surface area contributed by atoms with Crippen LogP contribution in [0.4, 0.5) is 0 Å². The van der Waals surface area contributed by atoms with Gasteiger partial charge in [0.25, 0.3) is 0 Å². The molecule has 0 saturated carbocycles. The third-order valence-electron chi connectivity index (χ3n) is 2.62. The highest BCUT2D eigenvalue weighted by atomic mass is 16.6. The van der Waals surface area contributed by atoms with Crippen molar-refractivity contribution in [3.05, 3.63) is 30.3 Å². The summed E-state index contributed by atoms with van der Waals surface area (Å²) < 4.78 is 4.99. The lowest BCUT2D eigenvalue weighted by Crippen LogP contribution is -2.54. The van der Waals surface area contributed by atoms with Crippen LogP contribution in [0.2, 0.25) is 0 Å². The van der Waals surface area contributed by atoms with Gasteiger partial charge < -0.3 is 20.7 Å². The lowest BCUT2D eigenvalue weighted by atomic mass is 9.93. The van der Waals surface area contributed by atoms with Gasteiger partial charge in [0.15, 0.2) is 5.60 Å². The second-order valence-electron chi connectivity index (χ2n) is 3.73. The number of carbonyl (C=O) groups excluding carboxylic acids is 1. The Morgan fingerprint density at radius 3 is 2.53 bits per heavy atom. The van der Waals surface area contributed by atoms with Crippen LogP contribution in [0.1, 0.15) is 13.3 Å². The van der Waals surface area contributed by atoms with E-state index in [2.05, 4.69) is 0 Å². The molecule has 0 saturated heterocycles. The second kappa shape index (κ2) is 5.77. The molecule has 0 aliphatic rings. The highest BCUT2D eigenvalue weighted by Gasteiger charge is 2.42. The van der Waals surface area contributed by atoms with Crippen molar-refractivity contribution in [2.75, 3.05) is 6.54 Å². The number of benzene rings is 1. The van der Waals surface area contributed by atoms with E-state index in [4.69, 9.17) is 10.5 Å². The van der Waals surface area contributed by atoms with Crippen LogP contribution < -0.4 is 10.5 Å². The minimum atomic E-state index is -1.97. The molecule has 0 aliphatic heterocycles. The van der Waals surface area contributed by atoms with Gasteiger partial charge in [-0.25, -0.2) is 4.79 Å². The zero-order valence-electron chi connectivity index (χ0n) is 9.67. The van der Waals surface area contributed by atoms with Crippen LogP contribution in [0.25, 0.3) is 0 Å². The molecule has 0 radical (unpaired) electrons. The van der Waals surface area contributed by atoms with Crippen molar-refractivity contribution >= 4 is 5.97 Å². The molecule has 17 heavy (non-hydrogen) atoms. The Morgan fingerprint density at radius 2 is 2.06 bits per heavy atom. The van der Waals surface area contributed by atoms with Gasteiger partial charge in [-0.15, -0.1) is 0 Å². The van der Waals surface area contributed by atoms with Crippen molar-refractivity contribution in [3.8, 4) is 5.75 Å². The molecule has 1 rings (SSSR count). The number of esters is 1. The Hall–Kier alpha value is -1.43. The van der Waals surface area contributed by atoms with E-state index in [1.807, 2.05) is 0 Å². The molecular weight excluding hydrogens is 222 g/mol. The second-order valence-corrected chi connectivity index (χ2v) is 3.73. The topological polar surface area (TPSA) is 92.8 Å². The third-order valence-corrected chi connectivity index (χ3v) is 2.62. The molecule has 4 N–H and O–H groups in total. The van der Waals surface area contributed by atoms with Crippen LogP contribution in [-0.2, 0) is 4.79 Å². The van der Waals surface area contributed by atoms with Gasteiger partial charge in [-0.05, 0) is 18.6 Å². The molecular formula is C12H17NO4. The molecule has 1 aromatic rings. The SMILES string of the molecule is CCC(O)(C(=O)Oc1ccccc1)C(O)CN. The van der Waals surface area contributed by atoms with Crippen LogP contribution in [0.15, 0.2) is 30.3 Å². The minimum absolute atomic E-state index is 0.0248. The molecule has 0 fully saturated rings. The summed E-state index contributed by atoms with van der Waals surface area (Å²) in [6.45, 7) is 1.36. The van der Waals surface area contributed by atoms with Crippen molar-refractivity contribution in [3.63, 3.8) is 0 Å². The fraction of sp³-hybridized carbons (Fsp3) is 0.417. The number of rotatable bonds is 5. The van der Waals surface area contributed by atoms with E-state index in [0.717, 1.165) is 0 Å². The number of para-hydroxylation sites is 1. The van der Waals surface area contributed by atoms with Gasteiger partial charge in [-0.3, -0.25) is 0 Å². The van der Waals surface area contributed by atoms with E-state index in [1.165, 1.54) is 0 Å². The molecule has 94 valence electrons. The summed E-state index contributed by atoms with van der Waals surface area (Å²) in [5.74, 6) is -0.585. The monoisotopic (exact) mass is 239 g/mol. The number of ether oxygens (including phenoxy) is 1. The first-order chi connectivity index (χ1) is 8.04. The highest BCUT2D eigenvalue weighted by Crippen LogP contribution is 2.19. The summed E-state index contributed by atoms with van der Waals surface area (Å²) in [5, 5.41) is 19.6. The van der Waals surface area contributed by atoms with E-state index in [0.29, 0.717) is 5.75 Å². The largest absolute Gasteiger partial charge is 0.424 e. The molecule has 5 nitrogen and oxygen atoms in total. The Kier molecular flexibility index (Phi) is 4.62. The predicted octanol–water partition coefficient (Wildman–Crippen LogP) is 0.0527. The maximum absolute atomic E-state index is 11.8. The van der Waals surface area contributed by atoms with Crippen molar-refractivity contribution < 1.29 is 19.7 Å². The van der Waals surface area contributed by atoms with Crippen LogP contribution in [0.3, 0.4) is 0 Å². The van der Waals surface area contributed by atoms with Gasteiger partial charge in [-0.2, -0.15) is 0 Å². The van der Waals surface area contributed by atoms with E-state index in [9.17, 15) is 15.0 Å². The van der Waals surface area contributed by atoms with Gasteiger partial charge in [0.2, 0.25) is 0 Å². The van der Waals surface area contributed by atoms with Crippen molar-refractivity contribution in [2.45, 2.75) is 25.0 Å². The summed E-state index contributed by atoms with van der Waals surface area (Å²) >= 11 is 0. The lowest BCUT2D eigenvalue weighted by molar-refractivity contribution is -0.168. The van der Waals surface area contributed by atoms with E-state index >= 15 is 0 Å². The number of nitrogens with two attached hydrogens (primary N) is 1. The van der Waals surface area contributed by atoms with Crippen molar-refractivity contribution in [1.29, 1.82) is 0 Å². The van der Waals surface area contributed by atoms with Crippen LogP contribution in [-0.4, -0.2) is 34.4 Å². The summed E-state index contributed by atoms with van der Waals surface area (Å²) in [4.78, 5) is 11.8. The fourth-order valence-corrected chi connectivity index (χ4v) is 1.39. The molecule has 0 heterocycles. The standard InChI is InChI=1S/C12H17NO4/c1-2-12(16,10(14)8-13)11(15)17-9-6-4-3-5-7-9/h3-7,10,14,16H,2,8,13H2,1H3. The van der Waals surface area contributed by atoms with Crippen molar-refractivity contribution in [2.24, 2.45) is 5.73 Å². The third kappa shape index (κ3) is 3.03. The molecule has 0 aromatic heterocycles. The average molecular weight is 239 g/mol. The molecule has 0 bridgehead atoms. The zero-order valence-corrected chi connectivity index (χ0v) is 9.67. The van der Waals surface area contributed by atoms with Gasteiger partial charge in [0.05, 0.1) is 0 Å². The predicted molar refractivity (Wildman–Crippen MR) is 62.4 cm³/mol. The number of hydrogen-bond acceptors (Lipinski definition) is 5. The normalized spacial score (nSPS) is 16.0. The molecule has 5 heteroatoms. The number of aliphatic hydroxyl groups is 2. The van der Waals surface area contributed by atoms with E-state index in [1.54, 1.807) is 37.3 Å². The lowest BCUT2D eigenvalue weighted by Gasteiger charge is -2.28. The van der Waals surface area contributed by atoms with Gasteiger partial charge in [-0.1, -0.05) is 25.1 Å². The Bertz CT molecular complexity index is 368. The quantitative estimate of drug-likeness (QED) is 0.499. The van der Waals surface area contributed by atoms with Gasteiger partial charge >= 0.3 is 5.97 Å². The van der Waals surface area contributed by atoms with Crippen LogP contribution >= 0.6 is 0 Å². The maximum Gasteiger partial charge on any atom is 0.346 e. The smallest absolute Gasteiger partial charge is 0.346 e. The maximum atomic E-state index is 11.8. The summed E-state index contributed by atoms with van der Waals surface area (Å²) in [6.07, 6.45) is -1.32. The Morgan fingerprint density at radius 1 is 1.47 bits per heavy atom. The first-order valence-electron chi connectivity index (χ1n) is 5.42. The number of aliphatic hydroxyl groups excluding tert-OH is 1. The highest BCUT2D eigenvalue weighted by molar-refractivity contribution is 5.82. The summed E-state index contributed by atoms with van der Waals surface area (Å²) in [6, 6.07) is 8.35. The average Bonchev–Trinajstić information content (AvgIpc) is 2.37. The van der Waals surface area contributed by atoms with E-state index < -0.39 is 17.7 Å². The van der Waals surface area contributed by atoms with Crippen LogP contribution in [0.5, 0.6) is 5.75 Å². The fourth-order valence-electron chi connectivity index (χ4n) is 1.39.